The Labute approximate surface area is 111 Å². The molecule has 1 atom stereocenters. The zero-order valence-electron chi connectivity index (χ0n) is 10.7. The molecule has 1 aliphatic heterocycles. The molecular weight excluding hydrogens is 248 g/mol. The summed E-state index contributed by atoms with van der Waals surface area (Å²) in [4.78, 5) is 28.4. The number of pyridine rings is 1. The molecular formula is C13H16N2O4. The molecule has 0 aliphatic carbocycles. The van der Waals surface area contributed by atoms with Crippen LogP contribution in [0.4, 0.5) is 5.82 Å². The van der Waals surface area contributed by atoms with Gasteiger partial charge in [0.15, 0.2) is 5.69 Å². The summed E-state index contributed by atoms with van der Waals surface area (Å²) in [7, 11) is 1.37. The summed E-state index contributed by atoms with van der Waals surface area (Å²) < 4.78 is 4.68. The molecule has 0 radical (unpaired) electrons. The molecule has 1 aromatic rings. The van der Waals surface area contributed by atoms with E-state index in [1.165, 1.54) is 13.2 Å². The second-order valence-corrected chi connectivity index (χ2v) is 4.46. The van der Waals surface area contributed by atoms with Gasteiger partial charge in [-0.3, -0.25) is 4.79 Å². The fourth-order valence-corrected chi connectivity index (χ4v) is 2.33. The van der Waals surface area contributed by atoms with Crippen molar-refractivity contribution in [1.29, 1.82) is 0 Å². The van der Waals surface area contributed by atoms with Crippen molar-refractivity contribution in [3.05, 3.63) is 23.9 Å². The Hall–Kier alpha value is -2.11. The van der Waals surface area contributed by atoms with Crippen LogP contribution >= 0.6 is 0 Å². The minimum absolute atomic E-state index is 0.0150. The van der Waals surface area contributed by atoms with Crippen LogP contribution in [-0.4, -0.2) is 41.7 Å². The predicted octanol–water partition coefficient (Wildman–Crippen LogP) is 1.31. The molecule has 1 aliphatic rings. The zero-order chi connectivity index (χ0) is 13.8. The van der Waals surface area contributed by atoms with E-state index in [4.69, 9.17) is 5.11 Å². The Morgan fingerprint density at radius 1 is 1.53 bits per heavy atom. The number of nitrogens with zero attached hydrogens (tertiary/aromatic N) is 2. The van der Waals surface area contributed by atoms with Gasteiger partial charge >= 0.3 is 11.9 Å². The highest BCUT2D eigenvalue weighted by Crippen LogP contribution is 2.26. The van der Waals surface area contributed by atoms with E-state index in [0.29, 0.717) is 12.2 Å². The van der Waals surface area contributed by atoms with Crippen LogP contribution in [0.15, 0.2) is 18.2 Å². The van der Waals surface area contributed by atoms with E-state index in [2.05, 4.69) is 9.72 Å². The molecule has 2 rings (SSSR count). The molecule has 1 saturated heterocycles. The Bertz CT molecular complexity index is 489. The number of aromatic nitrogens is 1. The van der Waals surface area contributed by atoms with Crippen LogP contribution in [0, 0.1) is 0 Å². The summed E-state index contributed by atoms with van der Waals surface area (Å²) >= 11 is 0. The quantitative estimate of drug-likeness (QED) is 0.826. The van der Waals surface area contributed by atoms with Crippen molar-refractivity contribution in [3.63, 3.8) is 0 Å². The molecule has 0 bridgehead atoms. The van der Waals surface area contributed by atoms with Gasteiger partial charge in [0, 0.05) is 12.6 Å². The summed E-state index contributed by atoms with van der Waals surface area (Å²) in [5.41, 5.74) is 0.0150. The van der Waals surface area contributed by atoms with E-state index in [-0.39, 0.29) is 17.7 Å². The number of methoxy groups -OCH3 is 1. The first-order valence-corrected chi connectivity index (χ1v) is 6.15. The third-order valence-corrected chi connectivity index (χ3v) is 3.25. The number of anilines is 1. The number of carbonyl (C=O) groups excluding carboxylic acids is 1. The van der Waals surface area contributed by atoms with Crippen LogP contribution in [0.5, 0.6) is 0 Å². The van der Waals surface area contributed by atoms with Crippen molar-refractivity contribution in [2.75, 3.05) is 18.6 Å². The third kappa shape index (κ3) is 3.01. The second-order valence-electron chi connectivity index (χ2n) is 4.46. The van der Waals surface area contributed by atoms with Crippen molar-refractivity contribution in [2.24, 2.45) is 0 Å². The van der Waals surface area contributed by atoms with Crippen molar-refractivity contribution in [3.8, 4) is 0 Å². The lowest BCUT2D eigenvalue weighted by Gasteiger charge is -2.25. The number of carbonyl (C=O) groups is 2. The number of aromatic carboxylic acids is 1. The van der Waals surface area contributed by atoms with E-state index >= 15 is 0 Å². The van der Waals surface area contributed by atoms with Crippen LogP contribution in [0.2, 0.25) is 0 Å². The molecule has 6 heteroatoms. The summed E-state index contributed by atoms with van der Waals surface area (Å²) in [6.45, 7) is 0.776. The standard InChI is InChI=1S/C13H16N2O4/c1-19-12(16)8-9-4-3-7-15(9)11-6-2-5-10(14-11)13(17)18/h2,5-6,9H,3-4,7-8H2,1H3,(H,17,18)/t9-/m0/s1. The summed E-state index contributed by atoms with van der Waals surface area (Å²) in [6.07, 6.45) is 2.14. The smallest absolute Gasteiger partial charge is 0.354 e. The van der Waals surface area contributed by atoms with E-state index < -0.39 is 5.97 Å². The highest BCUT2D eigenvalue weighted by Gasteiger charge is 2.28. The first-order chi connectivity index (χ1) is 9.11. The highest BCUT2D eigenvalue weighted by atomic mass is 16.5. The number of rotatable bonds is 4. The van der Waals surface area contributed by atoms with Gasteiger partial charge in [-0.05, 0) is 25.0 Å². The number of hydrogen-bond acceptors (Lipinski definition) is 5. The molecule has 1 fully saturated rings. The second kappa shape index (κ2) is 5.69. The Morgan fingerprint density at radius 3 is 3.00 bits per heavy atom. The number of ether oxygens (including phenoxy) is 1. The van der Waals surface area contributed by atoms with Gasteiger partial charge in [-0.2, -0.15) is 0 Å². The maximum atomic E-state index is 11.4. The summed E-state index contributed by atoms with van der Waals surface area (Å²) in [5.74, 6) is -0.705. The highest BCUT2D eigenvalue weighted by molar-refractivity contribution is 5.85. The maximum absolute atomic E-state index is 11.4. The average Bonchev–Trinajstić information content (AvgIpc) is 2.86. The molecule has 102 valence electrons. The molecule has 0 amide bonds. The maximum Gasteiger partial charge on any atom is 0.354 e. The van der Waals surface area contributed by atoms with E-state index in [0.717, 1.165) is 19.4 Å². The molecule has 19 heavy (non-hydrogen) atoms. The molecule has 2 heterocycles. The number of hydrogen-bond donors (Lipinski definition) is 1. The summed E-state index contributed by atoms with van der Waals surface area (Å²) in [5, 5.41) is 8.95. The Balaban J connectivity index is 2.17. The summed E-state index contributed by atoms with van der Waals surface area (Å²) in [6, 6.07) is 4.92. The predicted molar refractivity (Wildman–Crippen MR) is 68.2 cm³/mol. The minimum Gasteiger partial charge on any atom is -0.477 e. The molecule has 6 nitrogen and oxygen atoms in total. The first-order valence-electron chi connectivity index (χ1n) is 6.15. The van der Waals surface area contributed by atoms with Crippen LogP contribution in [-0.2, 0) is 9.53 Å². The van der Waals surface area contributed by atoms with Gasteiger partial charge in [0.25, 0.3) is 0 Å². The average molecular weight is 264 g/mol. The lowest BCUT2D eigenvalue weighted by atomic mass is 10.1. The SMILES string of the molecule is COC(=O)C[C@@H]1CCCN1c1cccc(C(=O)O)n1. The van der Waals surface area contributed by atoms with Gasteiger partial charge in [-0.25, -0.2) is 9.78 Å². The molecule has 1 aromatic heterocycles. The number of carboxylic acids is 1. The van der Waals surface area contributed by atoms with Crippen LogP contribution < -0.4 is 4.90 Å². The van der Waals surface area contributed by atoms with Crippen LogP contribution in [0.3, 0.4) is 0 Å². The molecule has 0 spiro atoms. The van der Waals surface area contributed by atoms with Crippen molar-refractivity contribution < 1.29 is 19.4 Å². The fraction of sp³-hybridized carbons (Fsp3) is 0.462. The van der Waals surface area contributed by atoms with Crippen molar-refractivity contribution in [2.45, 2.75) is 25.3 Å². The number of carboxylic acid groups (broad SMARTS) is 1. The van der Waals surface area contributed by atoms with Gasteiger partial charge in [0.05, 0.1) is 13.5 Å². The first kappa shape index (κ1) is 13.3. The Kier molecular flexibility index (Phi) is 3.99. The van der Waals surface area contributed by atoms with Gasteiger partial charge in [-0.1, -0.05) is 6.07 Å². The van der Waals surface area contributed by atoms with Gasteiger partial charge in [-0.15, -0.1) is 0 Å². The third-order valence-electron chi connectivity index (χ3n) is 3.25. The van der Waals surface area contributed by atoms with Crippen LogP contribution in [0.25, 0.3) is 0 Å². The molecule has 0 saturated carbocycles. The molecule has 0 unspecified atom stereocenters. The fourth-order valence-electron chi connectivity index (χ4n) is 2.33. The zero-order valence-corrected chi connectivity index (χ0v) is 10.7. The number of esters is 1. The Morgan fingerprint density at radius 2 is 2.32 bits per heavy atom. The lowest BCUT2D eigenvalue weighted by Crippen LogP contribution is -2.32. The van der Waals surface area contributed by atoms with E-state index in [1.807, 2.05) is 4.90 Å². The van der Waals surface area contributed by atoms with E-state index in [9.17, 15) is 9.59 Å². The van der Waals surface area contributed by atoms with Crippen molar-refractivity contribution in [1.82, 2.24) is 4.98 Å². The van der Waals surface area contributed by atoms with Gasteiger partial charge in [0.1, 0.15) is 5.82 Å². The monoisotopic (exact) mass is 264 g/mol. The minimum atomic E-state index is -1.05. The van der Waals surface area contributed by atoms with E-state index in [1.54, 1.807) is 12.1 Å². The van der Waals surface area contributed by atoms with Crippen molar-refractivity contribution >= 4 is 17.8 Å². The largest absolute Gasteiger partial charge is 0.477 e. The van der Waals surface area contributed by atoms with Crippen LogP contribution in [0.1, 0.15) is 29.8 Å². The molecule has 0 aromatic carbocycles. The van der Waals surface area contributed by atoms with Gasteiger partial charge < -0.3 is 14.7 Å². The normalized spacial score (nSPS) is 18.4. The van der Waals surface area contributed by atoms with Gasteiger partial charge in [0.2, 0.25) is 0 Å². The lowest BCUT2D eigenvalue weighted by molar-refractivity contribution is -0.140. The topological polar surface area (TPSA) is 79.7 Å². The molecule has 1 N–H and O–H groups in total.